The molecular weight excluding hydrogens is 216 g/mol. The maximum atomic E-state index is 11.9. The van der Waals surface area contributed by atoms with Crippen LogP contribution in [0.15, 0.2) is 0 Å². The second-order valence-electron chi connectivity index (χ2n) is 5.98. The highest BCUT2D eigenvalue weighted by molar-refractivity contribution is 5.85. The number of amides is 1. The van der Waals surface area contributed by atoms with Crippen molar-refractivity contribution in [3.05, 3.63) is 0 Å². The number of hydrogen-bond acceptors (Lipinski definition) is 3. The molecule has 0 heterocycles. The van der Waals surface area contributed by atoms with Crippen LogP contribution in [0, 0.1) is 5.92 Å². The molecule has 1 saturated carbocycles. The molecule has 2 unspecified atom stereocenters. The van der Waals surface area contributed by atoms with Crippen molar-refractivity contribution in [3.63, 3.8) is 0 Å². The molecule has 0 bridgehead atoms. The summed E-state index contributed by atoms with van der Waals surface area (Å²) in [5.41, 5.74) is -1.30. The summed E-state index contributed by atoms with van der Waals surface area (Å²) >= 11 is 0. The fraction of sp³-hybridized carbons (Fsp3) is 0.923. The molecule has 0 radical (unpaired) electrons. The van der Waals surface area contributed by atoms with Crippen molar-refractivity contribution in [2.24, 2.45) is 5.92 Å². The predicted octanol–water partition coefficient (Wildman–Crippen LogP) is 1.04. The number of rotatable bonds is 4. The lowest BCUT2D eigenvalue weighted by Gasteiger charge is -2.36. The first-order valence-corrected chi connectivity index (χ1v) is 6.49. The number of hydrogen-bond donors (Lipinski definition) is 3. The van der Waals surface area contributed by atoms with Gasteiger partial charge >= 0.3 is 0 Å². The van der Waals surface area contributed by atoms with Gasteiger partial charge in [0.2, 0.25) is 5.91 Å². The second kappa shape index (κ2) is 5.36. The molecule has 4 nitrogen and oxygen atoms in total. The summed E-state index contributed by atoms with van der Waals surface area (Å²) in [6.45, 7) is 6.18. The molecule has 2 atom stereocenters. The Hall–Kier alpha value is -0.610. The molecule has 0 saturated heterocycles. The summed E-state index contributed by atoms with van der Waals surface area (Å²) < 4.78 is 0. The fourth-order valence-corrected chi connectivity index (χ4v) is 2.37. The minimum Gasteiger partial charge on any atom is -0.388 e. The maximum absolute atomic E-state index is 11.9. The smallest absolute Gasteiger partial charge is 0.239 e. The van der Waals surface area contributed by atoms with E-state index in [-0.39, 0.29) is 5.91 Å². The van der Waals surface area contributed by atoms with E-state index < -0.39 is 11.1 Å². The molecule has 0 spiro atoms. The molecule has 1 fully saturated rings. The zero-order valence-corrected chi connectivity index (χ0v) is 11.5. The fourth-order valence-electron chi connectivity index (χ4n) is 2.37. The van der Waals surface area contributed by atoms with Crippen LogP contribution in [0.4, 0.5) is 0 Å². The number of aliphatic hydroxyl groups is 1. The van der Waals surface area contributed by atoms with Gasteiger partial charge in [0.15, 0.2) is 0 Å². The van der Waals surface area contributed by atoms with E-state index in [0.717, 1.165) is 19.3 Å². The Balaban J connectivity index is 2.47. The molecule has 3 N–H and O–H groups in total. The van der Waals surface area contributed by atoms with Crippen LogP contribution >= 0.6 is 0 Å². The summed E-state index contributed by atoms with van der Waals surface area (Å²) in [7, 11) is 1.76. The number of nitrogens with one attached hydrogen (secondary N) is 2. The van der Waals surface area contributed by atoms with Crippen LogP contribution < -0.4 is 10.6 Å². The number of likely N-dealkylation sites (N-methyl/N-ethyl adjacent to an activating group) is 1. The Morgan fingerprint density at radius 1 is 1.53 bits per heavy atom. The van der Waals surface area contributed by atoms with Crippen LogP contribution in [0.1, 0.15) is 46.5 Å². The van der Waals surface area contributed by atoms with Gasteiger partial charge in [-0.05, 0) is 39.7 Å². The van der Waals surface area contributed by atoms with Gasteiger partial charge in [0.05, 0.1) is 11.1 Å². The molecular formula is C13H26N2O2. The molecule has 0 aromatic rings. The van der Waals surface area contributed by atoms with Gasteiger partial charge in [-0.25, -0.2) is 0 Å². The molecule has 1 rings (SSSR count). The third-order valence-electron chi connectivity index (χ3n) is 3.84. The van der Waals surface area contributed by atoms with Crippen molar-refractivity contribution < 1.29 is 9.90 Å². The SMILES string of the molecule is CNC(C)(C)C(=O)NCC1(O)CCCC(C)C1. The van der Waals surface area contributed by atoms with Gasteiger partial charge in [0.25, 0.3) is 0 Å². The van der Waals surface area contributed by atoms with Gasteiger partial charge in [-0.15, -0.1) is 0 Å². The van der Waals surface area contributed by atoms with E-state index >= 15 is 0 Å². The Kier molecular flexibility index (Phi) is 4.55. The van der Waals surface area contributed by atoms with Crippen molar-refractivity contribution >= 4 is 5.91 Å². The van der Waals surface area contributed by atoms with Crippen LogP contribution in [0.2, 0.25) is 0 Å². The van der Waals surface area contributed by atoms with Crippen molar-refractivity contribution in [1.29, 1.82) is 0 Å². The topological polar surface area (TPSA) is 61.4 Å². The second-order valence-corrected chi connectivity index (χ2v) is 5.98. The summed E-state index contributed by atoms with van der Waals surface area (Å²) in [6.07, 6.45) is 3.80. The normalized spacial score (nSPS) is 30.1. The van der Waals surface area contributed by atoms with E-state index in [9.17, 15) is 9.90 Å². The summed E-state index contributed by atoms with van der Waals surface area (Å²) in [5, 5.41) is 16.2. The molecule has 0 aromatic carbocycles. The maximum Gasteiger partial charge on any atom is 0.239 e. The van der Waals surface area contributed by atoms with Gasteiger partial charge in [-0.1, -0.05) is 19.8 Å². The quantitative estimate of drug-likeness (QED) is 0.690. The predicted molar refractivity (Wildman–Crippen MR) is 68.7 cm³/mol. The number of carbonyl (C=O) groups is 1. The van der Waals surface area contributed by atoms with E-state index in [0.29, 0.717) is 12.5 Å². The first-order chi connectivity index (χ1) is 7.79. The Bertz CT molecular complexity index is 279. The van der Waals surface area contributed by atoms with E-state index in [1.807, 2.05) is 13.8 Å². The minimum absolute atomic E-state index is 0.0633. The largest absolute Gasteiger partial charge is 0.388 e. The van der Waals surface area contributed by atoms with Gasteiger partial charge < -0.3 is 15.7 Å². The Morgan fingerprint density at radius 3 is 2.71 bits per heavy atom. The van der Waals surface area contributed by atoms with Crippen LogP contribution in [0.5, 0.6) is 0 Å². The molecule has 1 aliphatic rings. The lowest BCUT2D eigenvalue weighted by Crippen LogP contribution is -2.55. The minimum atomic E-state index is -0.711. The van der Waals surface area contributed by atoms with Gasteiger partial charge in [-0.2, -0.15) is 0 Å². The van der Waals surface area contributed by atoms with Crippen molar-refractivity contribution in [1.82, 2.24) is 10.6 Å². The Labute approximate surface area is 104 Å². The van der Waals surface area contributed by atoms with Crippen LogP contribution in [-0.2, 0) is 4.79 Å². The van der Waals surface area contributed by atoms with Crippen LogP contribution in [-0.4, -0.2) is 35.7 Å². The first kappa shape index (κ1) is 14.5. The highest BCUT2D eigenvalue weighted by atomic mass is 16.3. The van der Waals surface area contributed by atoms with E-state index in [4.69, 9.17) is 0 Å². The van der Waals surface area contributed by atoms with E-state index in [2.05, 4.69) is 17.6 Å². The molecule has 4 heteroatoms. The highest BCUT2D eigenvalue weighted by Crippen LogP contribution is 2.31. The lowest BCUT2D eigenvalue weighted by molar-refractivity contribution is -0.128. The lowest BCUT2D eigenvalue weighted by atomic mass is 9.79. The Morgan fingerprint density at radius 2 is 2.18 bits per heavy atom. The van der Waals surface area contributed by atoms with Crippen LogP contribution in [0.25, 0.3) is 0 Å². The zero-order valence-electron chi connectivity index (χ0n) is 11.5. The molecule has 1 amide bonds. The van der Waals surface area contributed by atoms with Gasteiger partial charge in [-0.3, -0.25) is 4.79 Å². The van der Waals surface area contributed by atoms with Crippen molar-refractivity contribution in [3.8, 4) is 0 Å². The van der Waals surface area contributed by atoms with Crippen molar-refractivity contribution in [2.45, 2.75) is 57.6 Å². The molecule has 17 heavy (non-hydrogen) atoms. The monoisotopic (exact) mass is 242 g/mol. The summed E-state index contributed by atoms with van der Waals surface area (Å²) in [6, 6.07) is 0. The van der Waals surface area contributed by atoms with E-state index in [1.54, 1.807) is 7.05 Å². The number of carbonyl (C=O) groups excluding carboxylic acids is 1. The molecule has 1 aliphatic carbocycles. The third-order valence-corrected chi connectivity index (χ3v) is 3.84. The summed E-state index contributed by atoms with van der Waals surface area (Å²) in [4.78, 5) is 11.9. The highest BCUT2D eigenvalue weighted by Gasteiger charge is 2.34. The standard InChI is InChI=1S/C13H26N2O2/c1-10-6-5-7-13(17,8-10)9-15-11(16)12(2,3)14-4/h10,14,17H,5-9H2,1-4H3,(H,15,16). The average Bonchev–Trinajstić information content (AvgIpc) is 2.25. The van der Waals surface area contributed by atoms with Crippen LogP contribution in [0.3, 0.4) is 0 Å². The van der Waals surface area contributed by atoms with Gasteiger partial charge in [0.1, 0.15) is 0 Å². The zero-order chi connectivity index (χ0) is 13.1. The van der Waals surface area contributed by atoms with Crippen molar-refractivity contribution in [2.75, 3.05) is 13.6 Å². The van der Waals surface area contributed by atoms with E-state index in [1.165, 1.54) is 6.42 Å². The average molecular weight is 242 g/mol. The van der Waals surface area contributed by atoms with Gasteiger partial charge in [0, 0.05) is 6.54 Å². The first-order valence-electron chi connectivity index (χ1n) is 6.49. The molecule has 100 valence electrons. The molecule has 0 aliphatic heterocycles. The summed E-state index contributed by atoms with van der Waals surface area (Å²) in [5.74, 6) is 0.481. The third kappa shape index (κ3) is 3.96. The molecule has 0 aromatic heterocycles.